The number of hydrogen-bond acceptors (Lipinski definition) is 1. The van der Waals surface area contributed by atoms with Crippen molar-refractivity contribution in [3.05, 3.63) is 0 Å². The molecule has 2 unspecified atom stereocenters. The van der Waals surface area contributed by atoms with Crippen LogP contribution in [0.4, 0.5) is 0 Å². The molecule has 2 aliphatic rings. The summed E-state index contributed by atoms with van der Waals surface area (Å²) in [5, 5.41) is 9.90. The number of aliphatic hydroxyl groups is 1. The summed E-state index contributed by atoms with van der Waals surface area (Å²) in [5.41, 5.74) is 0. The minimum atomic E-state index is -0.00209. The molecule has 2 heteroatoms. The van der Waals surface area contributed by atoms with Gasteiger partial charge in [0.25, 0.3) is 0 Å². The van der Waals surface area contributed by atoms with E-state index in [4.69, 9.17) is 0 Å². The Bertz CT molecular complexity index is 252. The van der Waals surface area contributed by atoms with Gasteiger partial charge in [-0.1, -0.05) is 39.0 Å². The Morgan fingerprint density at radius 3 is 2.00 bits per heavy atom. The third-order valence-electron chi connectivity index (χ3n) is 5.83. The van der Waals surface area contributed by atoms with Crippen molar-refractivity contribution in [1.29, 1.82) is 0 Å². The molecule has 112 valence electrons. The van der Waals surface area contributed by atoms with Crippen LogP contribution in [0.25, 0.3) is 0 Å². The molecule has 2 atom stereocenters. The van der Waals surface area contributed by atoms with Crippen molar-refractivity contribution < 1.29 is 9.59 Å². The van der Waals surface area contributed by atoms with Gasteiger partial charge in [-0.15, -0.1) is 0 Å². The zero-order valence-electron chi connectivity index (χ0n) is 13.1. The van der Waals surface area contributed by atoms with E-state index in [1.807, 2.05) is 0 Å². The van der Waals surface area contributed by atoms with Gasteiger partial charge in [0.15, 0.2) is 0 Å². The van der Waals surface area contributed by atoms with Gasteiger partial charge in [-0.2, -0.15) is 0 Å². The summed E-state index contributed by atoms with van der Waals surface area (Å²) in [4.78, 5) is 0. The third kappa shape index (κ3) is 3.72. The van der Waals surface area contributed by atoms with Crippen LogP contribution >= 0.6 is 0 Å². The van der Waals surface area contributed by atoms with Crippen LogP contribution in [0.1, 0.15) is 77.6 Å². The highest BCUT2D eigenvalue weighted by Crippen LogP contribution is 2.41. The normalized spacial score (nSPS) is 37.7. The fraction of sp³-hybridized carbons (Fsp3) is 1.00. The lowest BCUT2D eigenvalue weighted by molar-refractivity contribution is -0.949. The van der Waals surface area contributed by atoms with Crippen LogP contribution in [0.3, 0.4) is 0 Å². The maximum Gasteiger partial charge on any atom is 0.0917 e. The first-order valence-corrected chi connectivity index (χ1v) is 8.69. The topological polar surface area (TPSA) is 20.2 Å². The minimum Gasteiger partial charge on any atom is -0.393 e. The molecule has 0 aromatic carbocycles. The molecule has 0 radical (unpaired) electrons. The van der Waals surface area contributed by atoms with Gasteiger partial charge >= 0.3 is 0 Å². The number of unbranched alkanes of at least 4 members (excludes halogenated alkanes) is 6. The molecule has 2 saturated heterocycles. The minimum absolute atomic E-state index is 0.00209. The SMILES string of the molecule is CCCCCCCCC[N+]1(C)C2CCC1CC(O)C2. The monoisotopic (exact) mass is 268 g/mol. The highest BCUT2D eigenvalue weighted by atomic mass is 16.3. The van der Waals surface area contributed by atoms with Gasteiger partial charge in [-0.05, 0) is 12.8 Å². The molecule has 1 N–H and O–H groups in total. The Hall–Kier alpha value is -0.0800. The number of nitrogens with zero attached hydrogens (tertiary/aromatic N) is 1. The Morgan fingerprint density at radius 2 is 1.42 bits per heavy atom. The van der Waals surface area contributed by atoms with Gasteiger partial charge in [0.2, 0.25) is 0 Å². The summed E-state index contributed by atoms with van der Waals surface area (Å²) in [5.74, 6) is 0. The van der Waals surface area contributed by atoms with Crippen molar-refractivity contribution in [2.75, 3.05) is 13.6 Å². The van der Waals surface area contributed by atoms with Gasteiger partial charge in [-0.3, -0.25) is 0 Å². The number of hydrogen-bond donors (Lipinski definition) is 1. The largest absolute Gasteiger partial charge is 0.393 e. The zero-order valence-corrected chi connectivity index (χ0v) is 13.1. The zero-order chi connectivity index (χ0) is 13.7. The molecule has 2 fully saturated rings. The first kappa shape index (κ1) is 15.3. The van der Waals surface area contributed by atoms with Crippen LogP contribution in [0.15, 0.2) is 0 Å². The lowest BCUT2D eigenvalue weighted by Crippen LogP contribution is -2.58. The van der Waals surface area contributed by atoms with Crippen molar-refractivity contribution in [3.63, 3.8) is 0 Å². The van der Waals surface area contributed by atoms with Crippen molar-refractivity contribution in [2.45, 2.75) is 95.7 Å². The second-order valence-corrected chi connectivity index (χ2v) is 7.20. The molecule has 2 aliphatic heterocycles. The van der Waals surface area contributed by atoms with E-state index in [1.165, 1.54) is 68.8 Å². The number of piperidine rings is 1. The average Bonchev–Trinajstić information content (AvgIpc) is 2.57. The Labute approximate surface area is 119 Å². The fourth-order valence-electron chi connectivity index (χ4n) is 4.49. The van der Waals surface area contributed by atoms with Crippen molar-refractivity contribution in [3.8, 4) is 0 Å². The van der Waals surface area contributed by atoms with E-state index in [0.717, 1.165) is 24.9 Å². The van der Waals surface area contributed by atoms with Crippen molar-refractivity contribution >= 4 is 0 Å². The fourth-order valence-corrected chi connectivity index (χ4v) is 4.49. The predicted molar refractivity (Wildman–Crippen MR) is 81.1 cm³/mol. The van der Waals surface area contributed by atoms with Gasteiger partial charge < -0.3 is 9.59 Å². The summed E-state index contributed by atoms with van der Waals surface area (Å²) in [6, 6.07) is 1.52. The number of aliphatic hydroxyl groups excluding tert-OH is 1. The van der Waals surface area contributed by atoms with E-state index in [-0.39, 0.29) is 6.10 Å². The molecule has 0 spiro atoms. The van der Waals surface area contributed by atoms with Crippen LogP contribution < -0.4 is 0 Å². The lowest BCUT2D eigenvalue weighted by atomic mass is 9.96. The standard InChI is InChI=1S/C17H34NO/c1-3-4-5-6-7-8-9-12-18(2)15-10-11-16(18)14-17(19)13-15/h15-17,19H,3-14H2,1-2H3/q+1. The number of fused-ring (bicyclic) bond motifs is 2. The molecule has 0 aromatic rings. The molecular weight excluding hydrogens is 234 g/mol. The molecule has 0 saturated carbocycles. The van der Waals surface area contributed by atoms with Crippen molar-refractivity contribution in [2.24, 2.45) is 0 Å². The summed E-state index contributed by atoms with van der Waals surface area (Å²) in [6.07, 6.45) is 14.7. The van der Waals surface area contributed by atoms with E-state index in [2.05, 4.69) is 14.0 Å². The van der Waals surface area contributed by atoms with E-state index in [0.29, 0.717) is 0 Å². The second kappa shape index (κ2) is 7.08. The van der Waals surface area contributed by atoms with Gasteiger partial charge in [0.1, 0.15) is 0 Å². The molecule has 2 rings (SSSR count). The third-order valence-corrected chi connectivity index (χ3v) is 5.83. The maximum absolute atomic E-state index is 9.90. The van der Waals surface area contributed by atoms with Crippen LogP contribution in [0, 0.1) is 0 Å². The van der Waals surface area contributed by atoms with E-state index < -0.39 is 0 Å². The molecule has 0 amide bonds. The lowest BCUT2D eigenvalue weighted by Gasteiger charge is -2.46. The summed E-state index contributed by atoms with van der Waals surface area (Å²) < 4.78 is 1.28. The van der Waals surface area contributed by atoms with Crippen LogP contribution in [0.2, 0.25) is 0 Å². The summed E-state index contributed by atoms with van der Waals surface area (Å²) >= 11 is 0. The first-order chi connectivity index (χ1) is 9.16. The molecule has 2 nitrogen and oxygen atoms in total. The quantitative estimate of drug-likeness (QED) is 0.523. The summed E-state index contributed by atoms with van der Waals surface area (Å²) in [6.45, 7) is 3.64. The van der Waals surface area contributed by atoms with Gasteiger partial charge in [-0.25, -0.2) is 0 Å². The van der Waals surface area contributed by atoms with Gasteiger partial charge in [0, 0.05) is 25.7 Å². The molecule has 2 heterocycles. The van der Waals surface area contributed by atoms with Crippen molar-refractivity contribution in [1.82, 2.24) is 0 Å². The summed E-state index contributed by atoms with van der Waals surface area (Å²) in [7, 11) is 2.46. The molecule has 0 aliphatic carbocycles. The van der Waals surface area contributed by atoms with E-state index in [1.54, 1.807) is 0 Å². The van der Waals surface area contributed by atoms with Crippen LogP contribution in [0.5, 0.6) is 0 Å². The smallest absolute Gasteiger partial charge is 0.0917 e. The highest BCUT2D eigenvalue weighted by molar-refractivity contribution is 4.85. The number of quaternary nitrogens is 1. The van der Waals surface area contributed by atoms with E-state index in [9.17, 15) is 5.11 Å². The molecule has 19 heavy (non-hydrogen) atoms. The Balaban J connectivity index is 1.65. The Morgan fingerprint density at radius 1 is 0.895 bits per heavy atom. The average molecular weight is 268 g/mol. The van der Waals surface area contributed by atoms with E-state index >= 15 is 0 Å². The second-order valence-electron chi connectivity index (χ2n) is 7.20. The molecular formula is C17H34NO+. The molecule has 2 bridgehead atoms. The van der Waals surface area contributed by atoms with Crippen LogP contribution in [-0.2, 0) is 0 Å². The van der Waals surface area contributed by atoms with Gasteiger partial charge in [0.05, 0.1) is 31.8 Å². The first-order valence-electron chi connectivity index (χ1n) is 8.69. The molecule has 0 aromatic heterocycles. The number of rotatable bonds is 8. The predicted octanol–water partition coefficient (Wildman–Crippen LogP) is 3.87. The highest BCUT2D eigenvalue weighted by Gasteiger charge is 2.50. The van der Waals surface area contributed by atoms with Crippen LogP contribution in [-0.4, -0.2) is 41.4 Å². The maximum atomic E-state index is 9.90. The Kier molecular flexibility index (Phi) is 5.70.